The van der Waals surface area contributed by atoms with E-state index in [1.54, 1.807) is 0 Å². The van der Waals surface area contributed by atoms with Crippen LogP contribution in [0.4, 0.5) is 0 Å². The molecule has 0 amide bonds. The van der Waals surface area contributed by atoms with Crippen LogP contribution in [0, 0.1) is 0 Å². The van der Waals surface area contributed by atoms with Crippen molar-refractivity contribution in [2.24, 2.45) is 0 Å². The van der Waals surface area contributed by atoms with Crippen molar-refractivity contribution in [3.8, 4) is 0 Å². The van der Waals surface area contributed by atoms with Crippen LogP contribution in [0.5, 0.6) is 0 Å². The number of aliphatic hydroxyl groups excluding tert-OH is 2. The van der Waals surface area contributed by atoms with Gasteiger partial charge in [0.05, 0.1) is 18.1 Å². The number of hydrogen-bond acceptors (Lipinski definition) is 3. The lowest BCUT2D eigenvalue weighted by Gasteiger charge is -2.14. The van der Waals surface area contributed by atoms with Gasteiger partial charge in [-0.2, -0.15) is 0 Å². The Hall–Kier alpha value is -0.320. The number of halogens is 1. The van der Waals surface area contributed by atoms with Crippen molar-refractivity contribution >= 4 is 17.6 Å². The summed E-state index contributed by atoms with van der Waals surface area (Å²) < 4.78 is 0. The SMILES string of the molecule is CC(=O)O.CCCCCC(O)C(O)CCl. The molecule has 0 aliphatic carbocycles. The summed E-state index contributed by atoms with van der Waals surface area (Å²) in [6.07, 6.45) is 2.45. The lowest BCUT2D eigenvalue weighted by molar-refractivity contribution is -0.134. The first-order valence-corrected chi connectivity index (χ1v) is 5.60. The number of hydrogen-bond donors (Lipinski definition) is 3. The Balaban J connectivity index is 0. The quantitative estimate of drug-likeness (QED) is 0.487. The first-order chi connectivity index (χ1) is 6.95. The molecule has 0 aromatic rings. The summed E-state index contributed by atoms with van der Waals surface area (Å²) in [5, 5.41) is 25.7. The molecule has 0 radical (unpaired) electrons. The van der Waals surface area contributed by atoms with Gasteiger partial charge in [0.2, 0.25) is 0 Å². The number of unbranched alkanes of at least 4 members (excludes halogenated alkanes) is 2. The molecule has 0 fully saturated rings. The van der Waals surface area contributed by atoms with E-state index < -0.39 is 18.2 Å². The van der Waals surface area contributed by atoms with Crippen LogP contribution in [0.15, 0.2) is 0 Å². The molecule has 4 nitrogen and oxygen atoms in total. The number of aliphatic carboxylic acids is 1. The number of carboxylic acids is 1. The summed E-state index contributed by atoms with van der Waals surface area (Å²) in [7, 11) is 0. The van der Waals surface area contributed by atoms with Crippen molar-refractivity contribution < 1.29 is 20.1 Å². The van der Waals surface area contributed by atoms with Crippen molar-refractivity contribution in [1.29, 1.82) is 0 Å². The first-order valence-electron chi connectivity index (χ1n) is 5.07. The van der Waals surface area contributed by atoms with Crippen LogP contribution in [0.3, 0.4) is 0 Å². The van der Waals surface area contributed by atoms with Crippen LogP contribution < -0.4 is 0 Å². The van der Waals surface area contributed by atoms with Crippen LogP contribution in [0.1, 0.15) is 39.5 Å². The van der Waals surface area contributed by atoms with E-state index in [0.29, 0.717) is 6.42 Å². The van der Waals surface area contributed by atoms with E-state index >= 15 is 0 Å². The van der Waals surface area contributed by atoms with Gasteiger partial charge in [-0.1, -0.05) is 26.2 Å². The molecule has 15 heavy (non-hydrogen) atoms. The summed E-state index contributed by atoms with van der Waals surface area (Å²) in [4.78, 5) is 9.00. The van der Waals surface area contributed by atoms with Gasteiger partial charge < -0.3 is 15.3 Å². The number of alkyl halides is 1. The molecule has 0 aliphatic heterocycles. The van der Waals surface area contributed by atoms with Gasteiger partial charge in [-0.25, -0.2) is 0 Å². The maximum Gasteiger partial charge on any atom is 0.300 e. The van der Waals surface area contributed by atoms with Gasteiger partial charge in [0.15, 0.2) is 0 Å². The average molecular weight is 241 g/mol. The van der Waals surface area contributed by atoms with Crippen molar-refractivity contribution in [2.75, 3.05) is 5.88 Å². The number of rotatable bonds is 6. The summed E-state index contributed by atoms with van der Waals surface area (Å²) in [5.41, 5.74) is 0. The van der Waals surface area contributed by atoms with E-state index in [4.69, 9.17) is 26.6 Å². The van der Waals surface area contributed by atoms with Gasteiger partial charge >= 0.3 is 0 Å². The van der Waals surface area contributed by atoms with Gasteiger partial charge in [0, 0.05) is 6.92 Å². The highest BCUT2D eigenvalue weighted by Crippen LogP contribution is 2.07. The second-order valence-electron chi connectivity index (χ2n) is 3.30. The Kier molecular flexibility index (Phi) is 13.4. The highest BCUT2D eigenvalue weighted by atomic mass is 35.5. The molecule has 0 rings (SSSR count). The fourth-order valence-corrected chi connectivity index (χ4v) is 1.10. The highest BCUT2D eigenvalue weighted by molar-refractivity contribution is 6.18. The fraction of sp³-hybridized carbons (Fsp3) is 0.900. The highest BCUT2D eigenvalue weighted by Gasteiger charge is 2.13. The molecule has 0 saturated carbocycles. The van der Waals surface area contributed by atoms with Gasteiger partial charge in [0.25, 0.3) is 5.97 Å². The second kappa shape index (κ2) is 11.8. The molecule has 2 atom stereocenters. The van der Waals surface area contributed by atoms with Gasteiger partial charge in [-0.05, 0) is 6.42 Å². The zero-order valence-corrected chi connectivity index (χ0v) is 10.1. The minimum Gasteiger partial charge on any atom is -0.481 e. The summed E-state index contributed by atoms with van der Waals surface area (Å²) in [5.74, 6) is -0.715. The molecular weight excluding hydrogens is 220 g/mol. The van der Waals surface area contributed by atoms with Gasteiger partial charge in [-0.3, -0.25) is 4.79 Å². The van der Waals surface area contributed by atoms with Crippen LogP contribution in [-0.2, 0) is 4.79 Å². The van der Waals surface area contributed by atoms with Crippen LogP contribution in [-0.4, -0.2) is 39.4 Å². The van der Waals surface area contributed by atoms with Crippen LogP contribution >= 0.6 is 11.6 Å². The summed E-state index contributed by atoms with van der Waals surface area (Å²) >= 11 is 5.35. The normalized spacial score (nSPS) is 13.7. The maximum atomic E-state index is 9.21. The minimum absolute atomic E-state index is 0.118. The van der Waals surface area contributed by atoms with Gasteiger partial charge in [-0.15, -0.1) is 11.6 Å². The van der Waals surface area contributed by atoms with Crippen LogP contribution in [0.25, 0.3) is 0 Å². The summed E-state index contributed by atoms with van der Waals surface area (Å²) in [6.45, 7) is 3.18. The van der Waals surface area contributed by atoms with E-state index in [2.05, 4.69) is 6.92 Å². The van der Waals surface area contributed by atoms with Crippen LogP contribution in [0.2, 0.25) is 0 Å². The third kappa shape index (κ3) is 16.4. The third-order valence-electron chi connectivity index (χ3n) is 1.71. The molecule has 0 aliphatic rings. The van der Waals surface area contributed by atoms with Crippen molar-refractivity contribution in [3.05, 3.63) is 0 Å². The summed E-state index contributed by atoms with van der Waals surface area (Å²) in [6, 6.07) is 0. The Labute approximate surface area is 95.9 Å². The fourth-order valence-electron chi connectivity index (χ4n) is 0.899. The van der Waals surface area contributed by atoms with E-state index in [9.17, 15) is 5.11 Å². The van der Waals surface area contributed by atoms with Gasteiger partial charge in [0.1, 0.15) is 0 Å². The number of carboxylic acid groups (broad SMARTS) is 1. The predicted molar refractivity (Wildman–Crippen MR) is 60.2 cm³/mol. The molecule has 0 bridgehead atoms. The Morgan fingerprint density at radius 2 is 1.73 bits per heavy atom. The van der Waals surface area contributed by atoms with E-state index in [0.717, 1.165) is 26.2 Å². The maximum absolute atomic E-state index is 9.21. The largest absolute Gasteiger partial charge is 0.481 e. The Morgan fingerprint density at radius 1 is 1.27 bits per heavy atom. The van der Waals surface area contributed by atoms with Crippen molar-refractivity contribution in [1.82, 2.24) is 0 Å². The molecule has 3 N–H and O–H groups in total. The first kappa shape index (κ1) is 17.1. The van der Waals surface area contributed by atoms with E-state index in [-0.39, 0.29) is 5.88 Å². The zero-order chi connectivity index (χ0) is 12.3. The number of carbonyl (C=O) groups is 1. The molecule has 2 unspecified atom stereocenters. The molecule has 5 heteroatoms. The predicted octanol–water partition coefficient (Wildman–Crippen LogP) is 1.62. The average Bonchev–Trinajstić information content (AvgIpc) is 2.16. The zero-order valence-electron chi connectivity index (χ0n) is 9.32. The smallest absolute Gasteiger partial charge is 0.300 e. The molecule has 0 heterocycles. The lowest BCUT2D eigenvalue weighted by atomic mass is 10.1. The third-order valence-corrected chi connectivity index (χ3v) is 2.02. The molecule has 92 valence electrons. The lowest BCUT2D eigenvalue weighted by Crippen LogP contribution is -2.27. The minimum atomic E-state index is -0.833. The monoisotopic (exact) mass is 240 g/mol. The van der Waals surface area contributed by atoms with Crippen molar-refractivity contribution in [3.63, 3.8) is 0 Å². The van der Waals surface area contributed by atoms with E-state index in [1.807, 2.05) is 0 Å². The number of aliphatic hydroxyl groups is 2. The molecule has 0 aromatic carbocycles. The Bertz CT molecular complexity index is 148. The standard InChI is InChI=1S/C8H17ClO2.C2H4O2/c1-2-3-4-5-7(10)8(11)6-9;1-2(3)4/h7-8,10-11H,2-6H2,1H3;1H3,(H,3,4). The molecule has 0 spiro atoms. The van der Waals surface area contributed by atoms with E-state index in [1.165, 1.54) is 0 Å². The molecule has 0 aromatic heterocycles. The second-order valence-corrected chi connectivity index (χ2v) is 3.61. The molecular formula is C10H21ClO4. The molecule has 0 saturated heterocycles. The van der Waals surface area contributed by atoms with Crippen molar-refractivity contribution in [2.45, 2.75) is 51.7 Å². The Morgan fingerprint density at radius 3 is 2.07 bits per heavy atom. The topological polar surface area (TPSA) is 77.8 Å².